The molecule has 2 fully saturated rings. The number of esters is 1. The number of hydrogen-bond donors (Lipinski definition) is 2. The SMILES string of the molecule is CCOC(=O)c1c(NC(=O)[C@H]2[C@@H]3CC[C@@H](C3)[C@@H]2C(=O)O)sc(C)c1-c1ccc(Cl)cc1. The predicted octanol–water partition coefficient (Wildman–Crippen LogP) is 5.24. The molecule has 2 aliphatic rings. The molecule has 6 nitrogen and oxygen atoms in total. The molecule has 1 amide bonds. The number of amides is 1. The Morgan fingerprint density at radius 3 is 2.42 bits per heavy atom. The third-order valence-electron chi connectivity index (χ3n) is 6.44. The van der Waals surface area contributed by atoms with Crippen molar-refractivity contribution in [3.05, 3.63) is 39.7 Å². The van der Waals surface area contributed by atoms with E-state index in [1.54, 1.807) is 19.1 Å². The number of thiophene rings is 1. The van der Waals surface area contributed by atoms with E-state index >= 15 is 0 Å². The van der Waals surface area contributed by atoms with E-state index in [9.17, 15) is 19.5 Å². The van der Waals surface area contributed by atoms with Crippen LogP contribution >= 0.6 is 22.9 Å². The van der Waals surface area contributed by atoms with E-state index in [-0.39, 0.29) is 24.3 Å². The van der Waals surface area contributed by atoms with E-state index < -0.39 is 23.8 Å². The summed E-state index contributed by atoms with van der Waals surface area (Å²) in [7, 11) is 0. The zero-order valence-corrected chi connectivity index (χ0v) is 18.9. The Bertz CT molecular complexity index is 1030. The topological polar surface area (TPSA) is 92.7 Å². The normalized spacial score (nSPS) is 24.2. The maximum atomic E-state index is 13.2. The van der Waals surface area contributed by atoms with E-state index in [4.69, 9.17) is 16.3 Å². The van der Waals surface area contributed by atoms with Crippen LogP contribution in [0.4, 0.5) is 5.00 Å². The molecule has 164 valence electrons. The predicted molar refractivity (Wildman–Crippen MR) is 120 cm³/mol. The van der Waals surface area contributed by atoms with Gasteiger partial charge in [-0.25, -0.2) is 4.79 Å². The molecule has 2 bridgehead atoms. The first-order valence-electron chi connectivity index (χ1n) is 10.4. The van der Waals surface area contributed by atoms with E-state index in [0.717, 1.165) is 29.7 Å². The quantitative estimate of drug-likeness (QED) is 0.574. The molecular formula is C23H24ClNO5S. The number of carboxylic acid groups (broad SMARTS) is 1. The molecule has 0 unspecified atom stereocenters. The molecule has 4 atom stereocenters. The number of carboxylic acids is 1. The highest BCUT2D eigenvalue weighted by molar-refractivity contribution is 7.17. The molecule has 0 spiro atoms. The van der Waals surface area contributed by atoms with Crippen molar-refractivity contribution in [2.24, 2.45) is 23.7 Å². The minimum absolute atomic E-state index is 0.0532. The average molecular weight is 462 g/mol. The van der Waals surface area contributed by atoms with Crippen LogP contribution in [-0.4, -0.2) is 29.6 Å². The van der Waals surface area contributed by atoms with Gasteiger partial charge in [0.25, 0.3) is 0 Å². The van der Waals surface area contributed by atoms with Gasteiger partial charge in [0, 0.05) is 15.5 Å². The van der Waals surface area contributed by atoms with E-state index in [2.05, 4.69) is 5.32 Å². The Hall–Kier alpha value is -2.38. The zero-order chi connectivity index (χ0) is 22.3. The second kappa shape index (κ2) is 8.63. The Balaban J connectivity index is 1.70. The monoisotopic (exact) mass is 461 g/mol. The lowest BCUT2D eigenvalue weighted by molar-refractivity contribution is -0.148. The van der Waals surface area contributed by atoms with Gasteiger partial charge < -0.3 is 15.2 Å². The van der Waals surface area contributed by atoms with Gasteiger partial charge in [0.05, 0.1) is 18.4 Å². The summed E-state index contributed by atoms with van der Waals surface area (Å²) >= 11 is 7.31. The highest BCUT2D eigenvalue weighted by Crippen LogP contribution is 2.53. The van der Waals surface area contributed by atoms with E-state index in [1.165, 1.54) is 11.3 Å². The van der Waals surface area contributed by atoms with Gasteiger partial charge in [-0.3, -0.25) is 9.59 Å². The van der Waals surface area contributed by atoms with Crippen molar-refractivity contribution in [3.63, 3.8) is 0 Å². The number of aliphatic carboxylic acids is 1. The maximum absolute atomic E-state index is 13.2. The third-order valence-corrected chi connectivity index (χ3v) is 7.71. The fourth-order valence-corrected chi connectivity index (χ4v) is 6.41. The summed E-state index contributed by atoms with van der Waals surface area (Å²) in [6, 6.07) is 7.13. The first-order chi connectivity index (χ1) is 14.8. The Labute approximate surface area is 189 Å². The summed E-state index contributed by atoms with van der Waals surface area (Å²) < 4.78 is 5.28. The summed E-state index contributed by atoms with van der Waals surface area (Å²) in [6.45, 7) is 3.81. The van der Waals surface area contributed by atoms with Crippen LogP contribution in [0.15, 0.2) is 24.3 Å². The molecule has 31 heavy (non-hydrogen) atoms. The molecule has 4 rings (SSSR count). The lowest BCUT2D eigenvalue weighted by Gasteiger charge is -2.26. The number of aryl methyl sites for hydroxylation is 1. The van der Waals surface area contributed by atoms with Crippen molar-refractivity contribution in [1.82, 2.24) is 0 Å². The molecule has 1 aromatic heterocycles. The number of ether oxygens (including phenoxy) is 1. The average Bonchev–Trinajstić information content (AvgIpc) is 3.41. The molecule has 2 aliphatic carbocycles. The maximum Gasteiger partial charge on any atom is 0.341 e. The van der Waals surface area contributed by atoms with Crippen LogP contribution in [0.3, 0.4) is 0 Å². The van der Waals surface area contributed by atoms with Gasteiger partial charge in [0.15, 0.2) is 0 Å². The van der Waals surface area contributed by atoms with Crippen molar-refractivity contribution >= 4 is 45.8 Å². The second-order valence-corrected chi connectivity index (χ2v) is 9.84. The number of anilines is 1. The molecule has 2 N–H and O–H groups in total. The Morgan fingerprint density at radius 2 is 1.81 bits per heavy atom. The molecule has 8 heteroatoms. The summed E-state index contributed by atoms with van der Waals surface area (Å²) in [6.07, 6.45) is 2.51. The second-order valence-electron chi connectivity index (χ2n) is 8.18. The van der Waals surface area contributed by atoms with Crippen LogP contribution in [0.1, 0.15) is 41.4 Å². The lowest BCUT2D eigenvalue weighted by atomic mass is 9.78. The molecule has 0 radical (unpaired) electrons. The lowest BCUT2D eigenvalue weighted by Crippen LogP contribution is -2.37. The van der Waals surface area contributed by atoms with Crippen LogP contribution in [-0.2, 0) is 14.3 Å². The standard InChI is InChI=1S/C23H24ClNO5S/c1-3-30-23(29)19-16(12-6-8-15(24)9-7-12)11(2)31-21(19)25-20(26)17-13-4-5-14(10-13)18(17)22(27)28/h6-9,13-14,17-18H,3-5,10H2,1-2H3,(H,25,26)(H,27,28)/t13-,14+,17+,18+/m1/s1. The number of carbonyl (C=O) groups is 3. The van der Waals surface area contributed by atoms with E-state index in [0.29, 0.717) is 21.2 Å². The van der Waals surface area contributed by atoms with Crippen molar-refractivity contribution in [2.75, 3.05) is 11.9 Å². The molecule has 0 aliphatic heterocycles. The molecule has 1 heterocycles. The van der Waals surface area contributed by atoms with Crippen molar-refractivity contribution in [1.29, 1.82) is 0 Å². The van der Waals surface area contributed by atoms with Crippen LogP contribution in [0.25, 0.3) is 11.1 Å². The smallest absolute Gasteiger partial charge is 0.341 e. The number of hydrogen-bond acceptors (Lipinski definition) is 5. The zero-order valence-electron chi connectivity index (χ0n) is 17.3. The number of fused-ring (bicyclic) bond motifs is 2. The van der Waals surface area contributed by atoms with Gasteiger partial charge in [-0.1, -0.05) is 23.7 Å². The number of rotatable bonds is 6. The third kappa shape index (κ3) is 3.96. The summed E-state index contributed by atoms with van der Waals surface area (Å²) in [5.41, 5.74) is 1.79. The highest BCUT2D eigenvalue weighted by Gasteiger charge is 2.54. The molecule has 0 saturated heterocycles. The highest BCUT2D eigenvalue weighted by atomic mass is 35.5. The van der Waals surface area contributed by atoms with Crippen LogP contribution in [0, 0.1) is 30.6 Å². The fourth-order valence-electron chi connectivity index (χ4n) is 5.21. The van der Waals surface area contributed by atoms with Crippen molar-refractivity contribution in [3.8, 4) is 11.1 Å². The van der Waals surface area contributed by atoms with Gasteiger partial charge in [0.1, 0.15) is 10.6 Å². The van der Waals surface area contributed by atoms with Gasteiger partial charge in [-0.2, -0.15) is 0 Å². The first kappa shape index (κ1) is 21.8. The molecule has 2 saturated carbocycles. The van der Waals surface area contributed by atoms with Gasteiger partial charge in [-0.05, 0) is 62.6 Å². The van der Waals surface area contributed by atoms with Crippen LogP contribution in [0.5, 0.6) is 0 Å². The van der Waals surface area contributed by atoms with Crippen molar-refractivity contribution < 1.29 is 24.2 Å². The summed E-state index contributed by atoms with van der Waals surface area (Å²) in [5, 5.41) is 13.6. The van der Waals surface area contributed by atoms with Gasteiger partial charge in [0.2, 0.25) is 5.91 Å². The number of nitrogens with one attached hydrogen (secondary N) is 1. The van der Waals surface area contributed by atoms with Gasteiger partial charge in [-0.15, -0.1) is 11.3 Å². The minimum Gasteiger partial charge on any atom is -0.481 e. The van der Waals surface area contributed by atoms with Crippen molar-refractivity contribution in [2.45, 2.75) is 33.1 Å². The Kier molecular flexibility index (Phi) is 6.08. The van der Waals surface area contributed by atoms with Crippen LogP contribution < -0.4 is 5.32 Å². The number of benzene rings is 1. The number of carbonyl (C=O) groups excluding carboxylic acids is 2. The fraction of sp³-hybridized carbons (Fsp3) is 0.435. The summed E-state index contributed by atoms with van der Waals surface area (Å²) in [5.74, 6) is -2.87. The van der Waals surface area contributed by atoms with Crippen LogP contribution in [0.2, 0.25) is 5.02 Å². The summed E-state index contributed by atoms with van der Waals surface area (Å²) in [4.78, 5) is 38.8. The van der Waals surface area contributed by atoms with Gasteiger partial charge >= 0.3 is 11.9 Å². The first-order valence-corrected chi connectivity index (χ1v) is 11.6. The minimum atomic E-state index is -0.915. The number of halogens is 1. The molecular weight excluding hydrogens is 438 g/mol. The molecule has 2 aromatic rings. The van der Waals surface area contributed by atoms with E-state index in [1.807, 2.05) is 19.1 Å². The Morgan fingerprint density at radius 1 is 1.16 bits per heavy atom. The largest absolute Gasteiger partial charge is 0.481 e. The molecule has 1 aromatic carbocycles.